The summed E-state index contributed by atoms with van der Waals surface area (Å²) in [5.41, 5.74) is 1.29. The second-order valence-corrected chi connectivity index (χ2v) is 19.5. The van der Waals surface area contributed by atoms with Gasteiger partial charge in [-0.25, -0.2) is 0 Å². The summed E-state index contributed by atoms with van der Waals surface area (Å²) in [5.74, 6) is 6.92. The summed E-state index contributed by atoms with van der Waals surface area (Å²) >= 11 is 0. The zero-order chi connectivity index (χ0) is 31.4. The van der Waals surface area contributed by atoms with Crippen LogP contribution in [0.1, 0.15) is 152 Å². The van der Waals surface area contributed by atoms with Crippen LogP contribution in [-0.2, 0) is 0 Å². The Hall–Kier alpha value is -0.160. The predicted octanol–water partition coefficient (Wildman–Crippen LogP) is 8.63. The first-order valence-corrected chi connectivity index (χ1v) is 19.4. The van der Waals surface area contributed by atoms with Crippen molar-refractivity contribution in [2.45, 2.75) is 176 Å². The highest BCUT2D eigenvalue weighted by atomic mass is 16.3. The molecule has 4 heteroatoms. The summed E-state index contributed by atoms with van der Waals surface area (Å²) in [7, 11) is 0. The van der Waals surface area contributed by atoms with Crippen molar-refractivity contribution < 1.29 is 20.4 Å². The second kappa shape index (κ2) is 12.0. The van der Waals surface area contributed by atoms with Crippen molar-refractivity contribution in [1.29, 1.82) is 0 Å². The SMILES string of the molecule is C.C[C@@H]1CC[C@H]2[C@@H]3CC[C@H]4C[C@H](O)CC[C@]4(C)[C@H]3[C@@H](O)C[C@]12C.C[C@H]1CC[C@H]2[C@@H]3CC[C@H]4C[C@H](O)CC[C@]4(C)[C@H]3[C@@H](O)C[C@]12C. The molecule has 4 N–H and O–H groups in total. The van der Waals surface area contributed by atoms with Crippen LogP contribution in [0.25, 0.3) is 0 Å². The van der Waals surface area contributed by atoms with Crippen LogP contribution in [0, 0.1) is 80.8 Å². The lowest BCUT2D eigenvalue weighted by Crippen LogP contribution is -2.58. The van der Waals surface area contributed by atoms with Gasteiger partial charge in [0.25, 0.3) is 0 Å². The van der Waals surface area contributed by atoms with E-state index in [0.717, 1.165) is 86.9 Å². The average molecular weight is 629 g/mol. The predicted molar refractivity (Wildman–Crippen MR) is 183 cm³/mol. The van der Waals surface area contributed by atoms with Crippen LogP contribution in [0.5, 0.6) is 0 Å². The minimum Gasteiger partial charge on any atom is -0.393 e. The highest BCUT2D eigenvalue weighted by Gasteiger charge is 2.64. The molecule has 0 aromatic rings. The quantitative estimate of drug-likeness (QED) is 0.217. The van der Waals surface area contributed by atoms with Gasteiger partial charge in [-0.15, -0.1) is 0 Å². The molecular formula is C41H72O4. The van der Waals surface area contributed by atoms with Crippen LogP contribution in [-0.4, -0.2) is 44.8 Å². The number of rotatable bonds is 0. The Morgan fingerprint density at radius 1 is 0.467 bits per heavy atom. The molecule has 0 heterocycles. The van der Waals surface area contributed by atoms with Gasteiger partial charge >= 0.3 is 0 Å². The van der Waals surface area contributed by atoms with Crippen LogP contribution in [0.15, 0.2) is 0 Å². The standard InChI is InChI=1S/2C20H34O2.CH4/c2*1-12-4-7-16-15-6-5-13-10-14(21)8-9-19(13,2)18(15)17(22)11-20(12,16)3;/h2*12-18,21-22H,4-11H2,1-3H3;1H4/t12-,13+,14-,15+,16+,17+,18-,19+,20-;12-,13-,14+,15-,16-,17-,18+,19-,20+;/m10./s1. The smallest absolute Gasteiger partial charge is 0.0581 e. The fourth-order valence-corrected chi connectivity index (χ4v) is 15.2. The summed E-state index contributed by atoms with van der Waals surface area (Å²) in [4.78, 5) is 0. The van der Waals surface area contributed by atoms with Crippen molar-refractivity contribution in [3.05, 3.63) is 0 Å². The van der Waals surface area contributed by atoms with Gasteiger partial charge in [0.2, 0.25) is 0 Å². The van der Waals surface area contributed by atoms with Gasteiger partial charge in [0.05, 0.1) is 24.4 Å². The topological polar surface area (TPSA) is 80.9 Å². The normalized spacial score (nSPS) is 59.9. The van der Waals surface area contributed by atoms with Gasteiger partial charge < -0.3 is 20.4 Å². The summed E-state index contributed by atoms with van der Waals surface area (Å²) in [5, 5.41) is 42.5. The first kappa shape index (κ1) is 34.7. The molecule has 0 radical (unpaired) electrons. The molecular weight excluding hydrogens is 556 g/mol. The molecule has 45 heavy (non-hydrogen) atoms. The number of aliphatic hydroxyl groups excluding tert-OH is 4. The minimum atomic E-state index is -0.116. The Labute approximate surface area is 276 Å². The molecule has 0 aromatic heterocycles. The second-order valence-electron chi connectivity index (χ2n) is 19.5. The van der Waals surface area contributed by atoms with Gasteiger partial charge in [0.15, 0.2) is 0 Å². The molecule has 0 unspecified atom stereocenters. The van der Waals surface area contributed by atoms with Gasteiger partial charge in [-0.05, 0) is 184 Å². The maximum Gasteiger partial charge on any atom is 0.0581 e. The van der Waals surface area contributed by atoms with Gasteiger partial charge in [-0.1, -0.05) is 49.0 Å². The van der Waals surface area contributed by atoms with E-state index in [1.807, 2.05) is 0 Å². The van der Waals surface area contributed by atoms with Crippen LogP contribution in [0.3, 0.4) is 0 Å². The lowest BCUT2D eigenvalue weighted by Gasteiger charge is -2.62. The molecule has 8 rings (SSSR count). The summed E-state index contributed by atoms with van der Waals surface area (Å²) < 4.78 is 0. The fourth-order valence-electron chi connectivity index (χ4n) is 15.2. The van der Waals surface area contributed by atoms with Crippen LogP contribution < -0.4 is 0 Å². The van der Waals surface area contributed by atoms with E-state index in [1.54, 1.807) is 0 Å². The van der Waals surface area contributed by atoms with Crippen LogP contribution >= 0.6 is 0 Å². The molecule has 8 saturated carbocycles. The largest absolute Gasteiger partial charge is 0.393 e. The highest BCUT2D eigenvalue weighted by Crippen LogP contribution is 2.69. The van der Waals surface area contributed by atoms with E-state index in [-0.39, 0.29) is 42.7 Å². The summed E-state index contributed by atoms with van der Waals surface area (Å²) in [6, 6.07) is 0. The molecule has 8 aliphatic carbocycles. The van der Waals surface area contributed by atoms with E-state index in [0.29, 0.717) is 34.5 Å². The van der Waals surface area contributed by atoms with E-state index in [1.165, 1.54) is 51.4 Å². The Bertz CT molecular complexity index is 980. The highest BCUT2D eigenvalue weighted by molar-refractivity contribution is 5.13. The zero-order valence-electron chi connectivity index (χ0n) is 29.2. The van der Waals surface area contributed by atoms with E-state index in [9.17, 15) is 20.4 Å². The number of fused-ring (bicyclic) bond motifs is 10. The molecule has 8 fully saturated rings. The summed E-state index contributed by atoms with van der Waals surface area (Å²) in [6.07, 6.45) is 18.3. The average Bonchev–Trinajstić information content (AvgIpc) is 3.43. The molecule has 0 spiro atoms. The van der Waals surface area contributed by atoms with Crippen molar-refractivity contribution >= 4 is 0 Å². The molecule has 0 aliphatic heterocycles. The third-order valence-corrected chi connectivity index (χ3v) is 18.1. The number of hydrogen-bond acceptors (Lipinski definition) is 4. The first-order valence-electron chi connectivity index (χ1n) is 19.4. The van der Waals surface area contributed by atoms with Gasteiger partial charge in [-0.3, -0.25) is 0 Å². The maximum atomic E-state index is 11.1. The lowest BCUT2D eigenvalue weighted by atomic mass is 9.44. The van der Waals surface area contributed by atoms with Crippen molar-refractivity contribution in [1.82, 2.24) is 0 Å². The Morgan fingerprint density at radius 3 is 1.22 bits per heavy atom. The van der Waals surface area contributed by atoms with Crippen molar-refractivity contribution in [2.75, 3.05) is 0 Å². The maximum absolute atomic E-state index is 11.1. The minimum absolute atomic E-state index is 0. The third-order valence-electron chi connectivity index (χ3n) is 18.1. The van der Waals surface area contributed by atoms with Crippen molar-refractivity contribution in [3.8, 4) is 0 Å². The first-order chi connectivity index (χ1) is 20.7. The number of hydrogen-bond donors (Lipinski definition) is 4. The van der Waals surface area contributed by atoms with E-state index in [2.05, 4.69) is 41.5 Å². The Kier molecular flexibility index (Phi) is 9.26. The zero-order valence-corrected chi connectivity index (χ0v) is 29.2. The van der Waals surface area contributed by atoms with Crippen LogP contribution in [0.2, 0.25) is 0 Å². The molecule has 0 saturated heterocycles. The molecule has 0 aromatic carbocycles. The number of aliphatic hydroxyl groups is 4. The molecule has 0 bridgehead atoms. The van der Waals surface area contributed by atoms with Gasteiger partial charge in [-0.2, -0.15) is 0 Å². The monoisotopic (exact) mass is 629 g/mol. The van der Waals surface area contributed by atoms with E-state index >= 15 is 0 Å². The Balaban J connectivity index is 0.000000155. The molecule has 8 aliphatic rings. The van der Waals surface area contributed by atoms with Crippen molar-refractivity contribution in [2.24, 2.45) is 80.8 Å². The van der Waals surface area contributed by atoms with Gasteiger partial charge in [0.1, 0.15) is 0 Å². The third kappa shape index (κ3) is 5.17. The molecule has 260 valence electrons. The van der Waals surface area contributed by atoms with E-state index < -0.39 is 0 Å². The van der Waals surface area contributed by atoms with Crippen molar-refractivity contribution in [3.63, 3.8) is 0 Å². The van der Waals surface area contributed by atoms with E-state index in [4.69, 9.17) is 0 Å². The Morgan fingerprint density at radius 2 is 0.844 bits per heavy atom. The van der Waals surface area contributed by atoms with Crippen LogP contribution in [0.4, 0.5) is 0 Å². The van der Waals surface area contributed by atoms with Gasteiger partial charge in [0, 0.05) is 0 Å². The lowest BCUT2D eigenvalue weighted by molar-refractivity contribution is -0.176. The molecule has 4 nitrogen and oxygen atoms in total. The molecule has 18 atom stereocenters. The summed E-state index contributed by atoms with van der Waals surface area (Å²) in [6.45, 7) is 14.7. The fraction of sp³-hybridized carbons (Fsp3) is 1.00. The molecule has 0 amide bonds.